The van der Waals surface area contributed by atoms with Crippen LogP contribution in [0.15, 0.2) is 23.7 Å². The van der Waals surface area contributed by atoms with Crippen LogP contribution in [0.2, 0.25) is 0 Å². The van der Waals surface area contributed by atoms with Gasteiger partial charge in [-0.2, -0.15) is 10.1 Å². The van der Waals surface area contributed by atoms with Crippen LogP contribution in [0, 0.1) is 5.92 Å². The number of anilines is 1. The van der Waals surface area contributed by atoms with Crippen LogP contribution in [0.4, 0.5) is 5.82 Å². The van der Waals surface area contributed by atoms with Gasteiger partial charge in [-0.05, 0) is 19.3 Å². The van der Waals surface area contributed by atoms with E-state index < -0.39 is 0 Å². The molecule has 2 aliphatic rings. The molecule has 0 aromatic carbocycles. The average Bonchev–Trinajstić information content (AvgIpc) is 2.83. The van der Waals surface area contributed by atoms with Crippen LogP contribution in [-0.2, 0) is 4.79 Å². The Balaban J connectivity index is 1.97. The number of nitrogens with zero attached hydrogens (tertiary/aromatic N) is 4. The lowest BCUT2D eigenvalue weighted by Crippen LogP contribution is -2.26. The number of aromatic nitrogens is 2. The number of carbonyl (C=O) groups excluding carboxylic acids is 1. The molecule has 0 saturated heterocycles. The molecule has 5 nitrogen and oxygen atoms in total. The Labute approximate surface area is 86.8 Å². The highest BCUT2D eigenvalue weighted by Crippen LogP contribution is 2.31. The van der Waals surface area contributed by atoms with E-state index in [1.54, 1.807) is 18.6 Å². The summed E-state index contributed by atoms with van der Waals surface area (Å²) < 4.78 is 0. The fourth-order valence-electron chi connectivity index (χ4n) is 2.10. The predicted molar refractivity (Wildman–Crippen MR) is 54.3 cm³/mol. The minimum atomic E-state index is 0.00649. The van der Waals surface area contributed by atoms with E-state index in [2.05, 4.69) is 15.1 Å². The van der Waals surface area contributed by atoms with E-state index in [4.69, 9.17) is 0 Å². The summed E-state index contributed by atoms with van der Waals surface area (Å²) in [6, 6.07) is 0. The minimum absolute atomic E-state index is 0.00649. The third-order valence-electron chi connectivity index (χ3n) is 2.83. The third-order valence-corrected chi connectivity index (χ3v) is 2.83. The van der Waals surface area contributed by atoms with Crippen molar-refractivity contribution in [3.05, 3.63) is 18.6 Å². The monoisotopic (exact) mass is 202 g/mol. The number of fused-ring (bicyclic) bond motifs is 1. The molecule has 76 valence electrons. The number of hydrazone groups is 1. The largest absolute Gasteiger partial charge is 0.272 e. The molecule has 1 aliphatic heterocycles. The molecule has 5 heteroatoms. The Bertz CT molecular complexity index is 428. The van der Waals surface area contributed by atoms with Crippen molar-refractivity contribution < 1.29 is 4.79 Å². The normalized spacial score (nSPS) is 24.3. The highest BCUT2D eigenvalue weighted by Gasteiger charge is 2.39. The van der Waals surface area contributed by atoms with Crippen molar-refractivity contribution in [3.8, 4) is 0 Å². The van der Waals surface area contributed by atoms with Crippen LogP contribution in [0.5, 0.6) is 0 Å². The Morgan fingerprint density at radius 1 is 1.40 bits per heavy atom. The predicted octanol–water partition coefficient (Wildman–Crippen LogP) is 0.979. The Morgan fingerprint density at radius 3 is 3.07 bits per heavy atom. The highest BCUT2D eigenvalue weighted by atomic mass is 16.2. The molecule has 2 heterocycles. The lowest BCUT2D eigenvalue weighted by atomic mass is 10.1. The smallest absolute Gasteiger partial charge is 0.257 e. The lowest BCUT2D eigenvalue weighted by molar-refractivity contribution is -0.119. The quantitative estimate of drug-likeness (QED) is 0.682. The zero-order valence-electron chi connectivity index (χ0n) is 8.13. The molecule has 1 saturated carbocycles. The molecule has 0 bridgehead atoms. The minimum Gasteiger partial charge on any atom is -0.272 e. The van der Waals surface area contributed by atoms with Gasteiger partial charge in [-0.25, -0.2) is 4.98 Å². The van der Waals surface area contributed by atoms with E-state index in [0.29, 0.717) is 5.82 Å². The van der Waals surface area contributed by atoms with Crippen LogP contribution in [0.25, 0.3) is 0 Å². The SMILES string of the molecule is O=C1C2CCCC2=NN1c1cnccn1. The summed E-state index contributed by atoms with van der Waals surface area (Å²) in [5.74, 6) is 0.569. The molecule has 1 aromatic rings. The molecular weight excluding hydrogens is 192 g/mol. The summed E-state index contributed by atoms with van der Waals surface area (Å²) in [6.45, 7) is 0. The van der Waals surface area contributed by atoms with Crippen LogP contribution in [-0.4, -0.2) is 21.6 Å². The topological polar surface area (TPSA) is 58.5 Å². The fourth-order valence-corrected chi connectivity index (χ4v) is 2.10. The molecule has 1 aliphatic carbocycles. The van der Waals surface area contributed by atoms with E-state index in [9.17, 15) is 4.79 Å². The maximum atomic E-state index is 11.9. The van der Waals surface area contributed by atoms with E-state index in [1.165, 1.54) is 5.01 Å². The molecule has 3 rings (SSSR count). The van der Waals surface area contributed by atoms with Gasteiger partial charge in [0.15, 0.2) is 5.82 Å². The van der Waals surface area contributed by atoms with Gasteiger partial charge in [0.25, 0.3) is 5.91 Å². The van der Waals surface area contributed by atoms with Gasteiger partial charge in [0.05, 0.1) is 17.8 Å². The second-order valence-corrected chi connectivity index (χ2v) is 3.75. The van der Waals surface area contributed by atoms with Crippen LogP contribution >= 0.6 is 0 Å². The first-order valence-corrected chi connectivity index (χ1v) is 5.03. The van der Waals surface area contributed by atoms with Crippen LogP contribution < -0.4 is 5.01 Å². The molecule has 0 spiro atoms. The van der Waals surface area contributed by atoms with Gasteiger partial charge in [0.1, 0.15) is 0 Å². The zero-order chi connectivity index (χ0) is 10.3. The number of hydrogen-bond donors (Lipinski definition) is 0. The fraction of sp³-hybridized carbons (Fsp3) is 0.400. The average molecular weight is 202 g/mol. The van der Waals surface area contributed by atoms with Crippen LogP contribution in [0.1, 0.15) is 19.3 Å². The van der Waals surface area contributed by atoms with Gasteiger partial charge in [-0.1, -0.05) is 0 Å². The summed E-state index contributed by atoms with van der Waals surface area (Å²) in [6.07, 6.45) is 7.64. The number of carbonyl (C=O) groups is 1. The van der Waals surface area contributed by atoms with Crippen molar-refractivity contribution in [1.29, 1.82) is 0 Å². The van der Waals surface area contributed by atoms with Gasteiger partial charge < -0.3 is 0 Å². The van der Waals surface area contributed by atoms with Crippen LogP contribution in [0.3, 0.4) is 0 Å². The standard InChI is InChI=1S/C10H10N4O/c15-10-7-2-1-3-8(7)13-14(10)9-6-11-4-5-12-9/h4-7H,1-3H2. The van der Waals surface area contributed by atoms with Gasteiger partial charge >= 0.3 is 0 Å². The zero-order valence-corrected chi connectivity index (χ0v) is 8.13. The maximum absolute atomic E-state index is 11.9. The summed E-state index contributed by atoms with van der Waals surface area (Å²) in [4.78, 5) is 19.9. The number of rotatable bonds is 1. The van der Waals surface area contributed by atoms with Crippen molar-refractivity contribution in [2.24, 2.45) is 11.0 Å². The van der Waals surface area contributed by atoms with Crippen molar-refractivity contribution >= 4 is 17.4 Å². The third kappa shape index (κ3) is 1.23. The molecule has 0 radical (unpaired) electrons. The van der Waals surface area contributed by atoms with E-state index in [0.717, 1.165) is 25.0 Å². The summed E-state index contributed by atoms with van der Waals surface area (Å²) in [5, 5.41) is 5.68. The molecule has 15 heavy (non-hydrogen) atoms. The Kier molecular flexibility index (Phi) is 1.77. The Hall–Kier alpha value is -1.78. The van der Waals surface area contributed by atoms with E-state index >= 15 is 0 Å². The second kappa shape index (κ2) is 3.12. The van der Waals surface area contributed by atoms with Gasteiger partial charge in [-0.3, -0.25) is 9.78 Å². The highest BCUT2D eigenvalue weighted by molar-refractivity contribution is 6.16. The second-order valence-electron chi connectivity index (χ2n) is 3.75. The first kappa shape index (κ1) is 8.52. The Morgan fingerprint density at radius 2 is 2.33 bits per heavy atom. The van der Waals surface area contributed by atoms with Crippen molar-refractivity contribution in [1.82, 2.24) is 9.97 Å². The van der Waals surface area contributed by atoms with Gasteiger partial charge in [0, 0.05) is 12.4 Å². The van der Waals surface area contributed by atoms with E-state index in [1.807, 2.05) is 0 Å². The van der Waals surface area contributed by atoms with Crippen molar-refractivity contribution in [3.63, 3.8) is 0 Å². The first-order chi connectivity index (χ1) is 7.36. The maximum Gasteiger partial charge on any atom is 0.257 e. The lowest BCUT2D eigenvalue weighted by Gasteiger charge is -2.11. The first-order valence-electron chi connectivity index (χ1n) is 5.03. The van der Waals surface area contributed by atoms with Gasteiger partial charge in [-0.15, -0.1) is 0 Å². The number of hydrogen-bond acceptors (Lipinski definition) is 4. The van der Waals surface area contributed by atoms with Gasteiger partial charge in [0.2, 0.25) is 0 Å². The molecule has 1 amide bonds. The summed E-state index contributed by atoms with van der Waals surface area (Å²) in [5.41, 5.74) is 1.01. The number of amides is 1. The molecular formula is C10H10N4O. The van der Waals surface area contributed by atoms with Crippen molar-refractivity contribution in [2.75, 3.05) is 5.01 Å². The molecule has 1 fully saturated rings. The van der Waals surface area contributed by atoms with E-state index in [-0.39, 0.29) is 11.8 Å². The molecule has 1 unspecified atom stereocenters. The molecule has 0 N–H and O–H groups in total. The van der Waals surface area contributed by atoms with Crippen molar-refractivity contribution in [2.45, 2.75) is 19.3 Å². The molecule has 1 aromatic heterocycles. The summed E-state index contributed by atoms with van der Waals surface area (Å²) in [7, 11) is 0. The molecule has 1 atom stereocenters. The summed E-state index contributed by atoms with van der Waals surface area (Å²) >= 11 is 0.